The van der Waals surface area contributed by atoms with Crippen molar-refractivity contribution in [3.05, 3.63) is 17.4 Å². The first-order valence-electron chi connectivity index (χ1n) is 10.9. The molecular formula is C22H28F4N2O8S. The fraction of sp³-hybridized carbons (Fsp3) is 0.591. The van der Waals surface area contributed by atoms with Gasteiger partial charge in [-0.25, -0.2) is 9.18 Å². The van der Waals surface area contributed by atoms with Crippen LogP contribution in [0.1, 0.15) is 26.3 Å². The third kappa shape index (κ3) is 8.93. The number of nitrogens with one attached hydrogen (secondary N) is 1. The predicted molar refractivity (Wildman–Crippen MR) is 123 cm³/mol. The topological polar surface area (TPSA) is 124 Å². The summed E-state index contributed by atoms with van der Waals surface area (Å²) in [6.07, 6.45) is -6.43. The van der Waals surface area contributed by atoms with E-state index >= 15 is 4.39 Å². The summed E-state index contributed by atoms with van der Waals surface area (Å²) >= 11 is 1.09. The summed E-state index contributed by atoms with van der Waals surface area (Å²) in [5.41, 5.74) is -1.92. The number of alkyl carbamates (subject to hydrolysis) is 1. The van der Waals surface area contributed by atoms with Gasteiger partial charge in [0.2, 0.25) is 0 Å². The highest BCUT2D eigenvalue weighted by Gasteiger charge is 2.46. The van der Waals surface area contributed by atoms with Gasteiger partial charge in [0.1, 0.15) is 23.6 Å². The molecule has 0 spiro atoms. The molecule has 1 aromatic rings. The maximum absolute atomic E-state index is 15.8. The summed E-state index contributed by atoms with van der Waals surface area (Å²) < 4.78 is 76.2. The lowest BCUT2D eigenvalue weighted by molar-refractivity contribution is -0.171. The van der Waals surface area contributed by atoms with E-state index in [1.807, 2.05) is 0 Å². The molecule has 1 atom stereocenters. The van der Waals surface area contributed by atoms with Crippen molar-refractivity contribution in [1.82, 2.24) is 5.32 Å². The molecule has 0 aromatic heterocycles. The number of nitrogens with zero attached hydrogens (tertiary/aromatic N) is 1. The first-order chi connectivity index (χ1) is 17.1. The molecule has 208 valence electrons. The number of carboxylic acid groups (broad SMARTS) is 1. The van der Waals surface area contributed by atoms with E-state index in [0.29, 0.717) is 0 Å². The van der Waals surface area contributed by atoms with Crippen molar-refractivity contribution in [3.8, 4) is 5.75 Å². The average Bonchev–Trinajstić information content (AvgIpc) is 2.75. The lowest BCUT2D eigenvalue weighted by Gasteiger charge is -2.30. The number of rotatable bonds is 10. The molecule has 1 aromatic carbocycles. The quantitative estimate of drug-likeness (QED) is 0.254. The van der Waals surface area contributed by atoms with E-state index in [0.717, 1.165) is 11.8 Å². The van der Waals surface area contributed by atoms with Crippen LogP contribution < -0.4 is 15.0 Å². The van der Waals surface area contributed by atoms with Crippen molar-refractivity contribution in [2.45, 2.75) is 49.9 Å². The Kier molecular flexibility index (Phi) is 10.4. The van der Waals surface area contributed by atoms with E-state index in [1.54, 1.807) is 20.8 Å². The first kappa shape index (κ1) is 30.4. The highest BCUT2D eigenvalue weighted by atomic mass is 32.2. The molecule has 0 radical (unpaired) electrons. The van der Waals surface area contributed by atoms with Crippen LogP contribution in [0.3, 0.4) is 0 Å². The summed E-state index contributed by atoms with van der Waals surface area (Å²) in [5, 5.41) is 11.7. The molecule has 37 heavy (non-hydrogen) atoms. The van der Waals surface area contributed by atoms with Gasteiger partial charge in [-0.2, -0.15) is 13.2 Å². The molecule has 0 bridgehead atoms. The number of aliphatic carboxylic acids is 1. The van der Waals surface area contributed by atoms with Crippen molar-refractivity contribution >= 4 is 35.4 Å². The number of alkyl halides is 3. The third-order valence-corrected chi connectivity index (χ3v) is 5.90. The van der Waals surface area contributed by atoms with Gasteiger partial charge in [0, 0.05) is 29.4 Å². The normalized spacial score (nSPS) is 15.5. The Balaban J connectivity index is 2.47. The molecule has 2 rings (SSSR count). The summed E-state index contributed by atoms with van der Waals surface area (Å²) in [7, 11) is 1.41. The largest absolute Gasteiger partial charge is 0.480 e. The molecule has 15 heteroatoms. The van der Waals surface area contributed by atoms with E-state index in [-0.39, 0.29) is 40.7 Å². The fourth-order valence-electron chi connectivity index (χ4n) is 3.22. The maximum Gasteiger partial charge on any atom is 0.471 e. The second kappa shape index (κ2) is 12.6. The molecule has 10 nitrogen and oxygen atoms in total. The fourth-order valence-corrected chi connectivity index (χ4v) is 4.34. The number of methoxy groups -OCH3 is 1. The lowest BCUT2D eigenvalue weighted by atomic mass is 10.0. The second-order valence-corrected chi connectivity index (χ2v) is 9.88. The summed E-state index contributed by atoms with van der Waals surface area (Å²) in [5.74, 6) is -5.93. The minimum Gasteiger partial charge on any atom is -0.480 e. The number of ether oxygens (including phenoxy) is 4. The SMILES string of the molecule is COCCOCOc1cc2c(c(F)c1N(CC(=O)O)C(=O)C(F)(F)F)C[C@H](NC(=O)OC(C)(C)C)CS2. The summed E-state index contributed by atoms with van der Waals surface area (Å²) in [6, 6.07) is 0.547. The number of hydrogen-bond donors (Lipinski definition) is 2. The summed E-state index contributed by atoms with van der Waals surface area (Å²) in [4.78, 5) is 35.6. The number of carboxylic acids is 1. The molecule has 0 aliphatic carbocycles. The first-order valence-corrected chi connectivity index (χ1v) is 11.9. The van der Waals surface area contributed by atoms with E-state index < -0.39 is 66.4 Å². The Labute approximate surface area is 214 Å². The van der Waals surface area contributed by atoms with Crippen molar-refractivity contribution in [3.63, 3.8) is 0 Å². The van der Waals surface area contributed by atoms with Crippen LogP contribution in [0.4, 0.5) is 28.0 Å². The zero-order chi connectivity index (χ0) is 28.0. The predicted octanol–water partition coefficient (Wildman–Crippen LogP) is 3.35. The summed E-state index contributed by atoms with van der Waals surface area (Å²) in [6.45, 7) is 3.15. The number of benzene rings is 1. The Morgan fingerprint density at radius 2 is 1.89 bits per heavy atom. The maximum atomic E-state index is 15.8. The number of carbonyl (C=O) groups excluding carboxylic acids is 2. The number of anilines is 1. The Morgan fingerprint density at radius 3 is 2.46 bits per heavy atom. The number of carbonyl (C=O) groups is 3. The van der Waals surface area contributed by atoms with Gasteiger partial charge in [0.15, 0.2) is 12.6 Å². The number of fused-ring (bicyclic) bond motifs is 1. The molecule has 2 amide bonds. The van der Waals surface area contributed by atoms with Gasteiger partial charge >= 0.3 is 24.1 Å². The van der Waals surface area contributed by atoms with Crippen molar-refractivity contribution in [2.24, 2.45) is 0 Å². The lowest BCUT2D eigenvalue weighted by Crippen LogP contribution is -2.45. The van der Waals surface area contributed by atoms with Crippen LogP contribution in [-0.4, -0.2) is 80.3 Å². The van der Waals surface area contributed by atoms with Crippen LogP contribution in [0.15, 0.2) is 11.0 Å². The van der Waals surface area contributed by atoms with Crippen LogP contribution in [0.2, 0.25) is 0 Å². The number of thioether (sulfide) groups is 1. The molecule has 1 aliphatic heterocycles. The van der Waals surface area contributed by atoms with Gasteiger partial charge in [0.05, 0.1) is 13.2 Å². The highest BCUT2D eigenvalue weighted by molar-refractivity contribution is 7.99. The van der Waals surface area contributed by atoms with Crippen LogP contribution >= 0.6 is 11.8 Å². The highest BCUT2D eigenvalue weighted by Crippen LogP contribution is 2.43. The Morgan fingerprint density at radius 1 is 1.22 bits per heavy atom. The van der Waals surface area contributed by atoms with Gasteiger partial charge in [-0.05, 0) is 33.3 Å². The standard InChI is InChI=1S/C22H28F4N2O8S/c1-21(2,3)36-20(32)27-12-7-13-15(37-10-12)8-14(35-11-34-6-5-33-4)18(17(13)23)28(9-16(29)30)19(31)22(24,25)26/h8,12H,5-7,9-11H2,1-4H3,(H,27,32)(H,29,30)/t12-/m0/s1. The third-order valence-electron chi connectivity index (χ3n) is 4.66. The smallest absolute Gasteiger partial charge is 0.471 e. The molecule has 2 N–H and O–H groups in total. The van der Waals surface area contributed by atoms with Gasteiger partial charge in [-0.1, -0.05) is 0 Å². The van der Waals surface area contributed by atoms with Gasteiger partial charge in [-0.15, -0.1) is 11.8 Å². The second-order valence-electron chi connectivity index (χ2n) is 8.82. The molecule has 0 unspecified atom stereocenters. The van der Waals surface area contributed by atoms with Crippen LogP contribution in [-0.2, 0) is 30.2 Å². The van der Waals surface area contributed by atoms with Crippen molar-refractivity contribution < 1.29 is 56.0 Å². The monoisotopic (exact) mass is 556 g/mol. The van der Waals surface area contributed by atoms with Crippen LogP contribution in [0.5, 0.6) is 5.75 Å². The number of halogens is 4. The van der Waals surface area contributed by atoms with Gasteiger partial charge in [-0.3, -0.25) is 14.5 Å². The van der Waals surface area contributed by atoms with E-state index in [9.17, 15) is 27.6 Å². The van der Waals surface area contributed by atoms with E-state index in [4.69, 9.17) is 24.1 Å². The zero-order valence-corrected chi connectivity index (χ0v) is 21.4. The van der Waals surface area contributed by atoms with Crippen molar-refractivity contribution in [2.75, 3.05) is 44.3 Å². The molecule has 0 fully saturated rings. The molecule has 0 saturated heterocycles. The van der Waals surface area contributed by atoms with Crippen LogP contribution in [0, 0.1) is 5.82 Å². The Hall–Kier alpha value is -2.78. The Bertz CT molecular complexity index is 1000. The van der Waals surface area contributed by atoms with E-state index in [2.05, 4.69) is 5.32 Å². The average molecular weight is 557 g/mol. The van der Waals surface area contributed by atoms with E-state index in [1.165, 1.54) is 13.2 Å². The van der Waals surface area contributed by atoms with Gasteiger partial charge < -0.3 is 29.4 Å². The number of hydrogen-bond acceptors (Lipinski definition) is 8. The minimum absolute atomic E-state index is 0.0480. The van der Waals surface area contributed by atoms with Gasteiger partial charge in [0.25, 0.3) is 0 Å². The van der Waals surface area contributed by atoms with Crippen molar-refractivity contribution in [1.29, 1.82) is 0 Å². The zero-order valence-electron chi connectivity index (χ0n) is 20.6. The number of amides is 2. The minimum atomic E-state index is -5.50. The van der Waals surface area contributed by atoms with Crippen LogP contribution in [0.25, 0.3) is 0 Å². The molecule has 1 aliphatic rings. The molecule has 0 saturated carbocycles. The molecule has 1 heterocycles. The molecular weight excluding hydrogens is 528 g/mol.